The summed E-state index contributed by atoms with van der Waals surface area (Å²) in [6.45, 7) is 5.93. The molecule has 0 radical (unpaired) electrons. The molecule has 1 aromatic carbocycles. The van der Waals surface area contributed by atoms with E-state index in [0.29, 0.717) is 6.04 Å². The van der Waals surface area contributed by atoms with E-state index in [2.05, 4.69) is 20.8 Å². The summed E-state index contributed by atoms with van der Waals surface area (Å²) >= 11 is 2.99. The monoisotopic (exact) mass is 390 g/mol. The van der Waals surface area contributed by atoms with Crippen LogP contribution in [-0.2, 0) is 4.79 Å². The molecule has 0 spiro atoms. The van der Waals surface area contributed by atoms with E-state index >= 15 is 0 Å². The maximum atomic E-state index is 12.5. The van der Waals surface area contributed by atoms with Gasteiger partial charge in [0.15, 0.2) is 4.34 Å². The first-order chi connectivity index (χ1) is 12.5. The second-order valence-electron chi connectivity index (χ2n) is 6.92. The highest BCUT2D eigenvalue weighted by atomic mass is 32.2. The van der Waals surface area contributed by atoms with Gasteiger partial charge in [-0.15, -0.1) is 10.2 Å². The number of rotatable bonds is 6. The van der Waals surface area contributed by atoms with Crippen LogP contribution in [0.4, 0.5) is 10.8 Å². The Labute approximate surface area is 163 Å². The summed E-state index contributed by atoms with van der Waals surface area (Å²) in [5.74, 6) is -0.0133. The van der Waals surface area contributed by atoms with E-state index in [1.807, 2.05) is 39.0 Å². The van der Waals surface area contributed by atoms with Crippen LogP contribution in [0.5, 0.6) is 0 Å². The molecular weight excluding hydrogens is 364 g/mol. The molecule has 1 amide bonds. The quantitative estimate of drug-likeness (QED) is 0.678. The minimum Gasteiger partial charge on any atom is -0.357 e. The van der Waals surface area contributed by atoms with Crippen LogP contribution in [0.2, 0.25) is 0 Å². The number of aryl methyl sites for hydroxylation is 2. The Morgan fingerprint density at radius 1 is 1.23 bits per heavy atom. The minimum absolute atomic E-state index is 0.0133. The number of aromatic nitrogens is 2. The highest BCUT2D eigenvalue weighted by Crippen LogP contribution is 2.31. The highest BCUT2D eigenvalue weighted by Gasteiger charge is 2.19. The average Bonchev–Trinajstić information content (AvgIpc) is 3.05. The van der Waals surface area contributed by atoms with Gasteiger partial charge in [-0.25, -0.2) is 0 Å². The summed E-state index contributed by atoms with van der Waals surface area (Å²) in [5, 5.41) is 15.6. The fraction of sp³-hybridized carbons (Fsp3) is 0.526. The van der Waals surface area contributed by atoms with Crippen molar-refractivity contribution >= 4 is 39.8 Å². The van der Waals surface area contributed by atoms with Crippen molar-refractivity contribution < 1.29 is 4.79 Å². The Balaban J connectivity index is 1.54. The van der Waals surface area contributed by atoms with Crippen LogP contribution in [0.15, 0.2) is 22.5 Å². The predicted molar refractivity (Wildman–Crippen MR) is 110 cm³/mol. The molecule has 0 saturated heterocycles. The Hall–Kier alpha value is -1.60. The number of carbonyl (C=O) groups is 1. The molecule has 140 valence electrons. The van der Waals surface area contributed by atoms with Crippen molar-refractivity contribution in [2.24, 2.45) is 0 Å². The molecule has 5 nitrogen and oxygen atoms in total. The molecular formula is C19H26N4OS2. The molecule has 1 unspecified atom stereocenters. The standard InChI is InChI=1S/C19H26N4OS2/c1-12-9-10-13(2)16(11-12)21-17(24)14(3)25-19-23-22-18(26-19)20-15-7-5-4-6-8-15/h9-11,14-15H,4-8H2,1-3H3,(H,20,22)(H,21,24). The zero-order valence-electron chi connectivity index (χ0n) is 15.5. The predicted octanol–water partition coefficient (Wildman–Crippen LogP) is 5.02. The number of nitrogens with zero attached hydrogens (tertiary/aromatic N) is 2. The molecule has 26 heavy (non-hydrogen) atoms. The largest absolute Gasteiger partial charge is 0.357 e. The summed E-state index contributed by atoms with van der Waals surface area (Å²) in [5.41, 5.74) is 3.07. The van der Waals surface area contributed by atoms with Gasteiger partial charge >= 0.3 is 0 Å². The van der Waals surface area contributed by atoms with Crippen molar-refractivity contribution in [3.63, 3.8) is 0 Å². The second kappa shape index (κ2) is 8.86. The zero-order valence-corrected chi connectivity index (χ0v) is 17.2. The van der Waals surface area contributed by atoms with Crippen LogP contribution < -0.4 is 10.6 Å². The van der Waals surface area contributed by atoms with Gasteiger partial charge in [-0.05, 0) is 50.8 Å². The number of benzene rings is 1. The lowest BCUT2D eigenvalue weighted by molar-refractivity contribution is -0.115. The van der Waals surface area contributed by atoms with Crippen molar-refractivity contribution in [3.05, 3.63) is 29.3 Å². The lowest BCUT2D eigenvalue weighted by Crippen LogP contribution is -2.22. The molecule has 2 aromatic rings. The van der Waals surface area contributed by atoms with Gasteiger partial charge in [0.1, 0.15) is 0 Å². The molecule has 0 bridgehead atoms. The van der Waals surface area contributed by atoms with Crippen molar-refractivity contribution in [1.82, 2.24) is 10.2 Å². The first kappa shape index (κ1) is 19.2. The summed E-state index contributed by atoms with van der Waals surface area (Å²) in [7, 11) is 0. The van der Waals surface area contributed by atoms with Crippen LogP contribution in [-0.4, -0.2) is 27.4 Å². The second-order valence-corrected chi connectivity index (χ2v) is 9.49. The fourth-order valence-corrected chi connectivity index (χ4v) is 5.02. The summed E-state index contributed by atoms with van der Waals surface area (Å²) in [4.78, 5) is 12.5. The maximum absolute atomic E-state index is 12.5. The van der Waals surface area contributed by atoms with Gasteiger partial charge in [-0.2, -0.15) is 0 Å². The van der Waals surface area contributed by atoms with E-state index in [1.54, 1.807) is 0 Å². The number of carbonyl (C=O) groups excluding carboxylic acids is 1. The van der Waals surface area contributed by atoms with Gasteiger partial charge in [0.05, 0.1) is 5.25 Å². The topological polar surface area (TPSA) is 66.9 Å². The van der Waals surface area contributed by atoms with Crippen LogP contribution in [0.3, 0.4) is 0 Å². The summed E-state index contributed by atoms with van der Waals surface area (Å²) < 4.78 is 0.826. The zero-order chi connectivity index (χ0) is 18.5. The Kier molecular flexibility index (Phi) is 6.53. The summed E-state index contributed by atoms with van der Waals surface area (Å²) in [6, 6.07) is 6.59. The highest BCUT2D eigenvalue weighted by molar-refractivity contribution is 8.02. The molecule has 1 heterocycles. The van der Waals surface area contributed by atoms with Crippen LogP contribution >= 0.6 is 23.1 Å². The van der Waals surface area contributed by atoms with E-state index in [9.17, 15) is 4.79 Å². The Bertz CT molecular complexity index is 756. The smallest absolute Gasteiger partial charge is 0.237 e. The van der Waals surface area contributed by atoms with E-state index in [-0.39, 0.29) is 11.2 Å². The minimum atomic E-state index is -0.231. The SMILES string of the molecule is Cc1ccc(C)c(NC(=O)C(C)Sc2nnc(NC3CCCCC3)s2)c1. The first-order valence-electron chi connectivity index (χ1n) is 9.16. The van der Waals surface area contributed by atoms with Crippen molar-refractivity contribution in [2.75, 3.05) is 10.6 Å². The molecule has 3 rings (SSSR count). The average molecular weight is 391 g/mol. The van der Waals surface area contributed by atoms with Crippen molar-refractivity contribution in [1.29, 1.82) is 0 Å². The van der Waals surface area contributed by atoms with Crippen LogP contribution in [0.1, 0.15) is 50.2 Å². The van der Waals surface area contributed by atoms with Crippen molar-refractivity contribution in [2.45, 2.75) is 68.5 Å². The van der Waals surface area contributed by atoms with Crippen LogP contribution in [0.25, 0.3) is 0 Å². The molecule has 1 aliphatic rings. The number of nitrogens with one attached hydrogen (secondary N) is 2. The van der Waals surface area contributed by atoms with Gasteiger partial charge < -0.3 is 10.6 Å². The molecule has 2 N–H and O–H groups in total. The van der Waals surface area contributed by atoms with E-state index in [1.165, 1.54) is 55.2 Å². The number of amides is 1. The normalized spacial score (nSPS) is 16.3. The van der Waals surface area contributed by atoms with E-state index < -0.39 is 0 Å². The lowest BCUT2D eigenvalue weighted by atomic mass is 9.96. The van der Waals surface area contributed by atoms with Gasteiger partial charge in [0.25, 0.3) is 0 Å². The van der Waals surface area contributed by atoms with Gasteiger partial charge in [0.2, 0.25) is 11.0 Å². The third-order valence-corrected chi connectivity index (χ3v) is 6.68. The van der Waals surface area contributed by atoms with E-state index in [4.69, 9.17) is 0 Å². The Morgan fingerprint density at radius 3 is 2.77 bits per heavy atom. The molecule has 1 aliphatic carbocycles. The lowest BCUT2D eigenvalue weighted by Gasteiger charge is -2.21. The number of anilines is 2. The molecule has 7 heteroatoms. The van der Waals surface area contributed by atoms with Crippen LogP contribution in [0, 0.1) is 13.8 Å². The van der Waals surface area contributed by atoms with Gasteiger partial charge in [0, 0.05) is 11.7 Å². The Morgan fingerprint density at radius 2 is 2.00 bits per heavy atom. The fourth-order valence-electron chi connectivity index (χ4n) is 3.05. The molecule has 1 fully saturated rings. The van der Waals surface area contributed by atoms with Gasteiger partial charge in [-0.3, -0.25) is 4.79 Å². The molecule has 1 aromatic heterocycles. The number of thioether (sulfide) groups is 1. The third-order valence-electron chi connectivity index (χ3n) is 4.64. The van der Waals surface area contributed by atoms with Gasteiger partial charge in [-0.1, -0.05) is 54.5 Å². The molecule has 1 saturated carbocycles. The van der Waals surface area contributed by atoms with Crippen molar-refractivity contribution in [3.8, 4) is 0 Å². The number of hydrogen-bond acceptors (Lipinski definition) is 6. The van der Waals surface area contributed by atoms with E-state index in [0.717, 1.165) is 26.3 Å². The molecule has 1 atom stereocenters. The third kappa shape index (κ3) is 5.20. The first-order valence-corrected chi connectivity index (χ1v) is 10.9. The summed E-state index contributed by atoms with van der Waals surface area (Å²) in [6.07, 6.45) is 6.32. The molecule has 0 aliphatic heterocycles. The maximum Gasteiger partial charge on any atom is 0.237 e. The number of hydrogen-bond donors (Lipinski definition) is 2.